The highest BCUT2D eigenvalue weighted by Gasteiger charge is 2.42. The van der Waals surface area contributed by atoms with Gasteiger partial charge in [-0.3, -0.25) is 9.59 Å². The van der Waals surface area contributed by atoms with E-state index in [1.807, 2.05) is 12.1 Å². The van der Waals surface area contributed by atoms with Crippen molar-refractivity contribution in [2.75, 3.05) is 26.9 Å². The minimum atomic E-state index is -0.642. The van der Waals surface area contributed by atoms with E-state index in [4.69, 9.17) is 13.9 Å². The van der Waals surface area contributed by atoms with Gasteiger partial charge in [-0.15, -0.1) is 0 Å². The lowest BCUT2D eigenvalue weighted by molar-refractivity contribution is 0.0708. The molecular weight excluding hydrogens is 401 g/mol. The lowest BCUT2D eigenvalue weighted by atomic mass is 9.98. The average Bonchev–Trinajstić information content (AvgIpc) is 3.05. The van der Waals surface area contributed by atoms with Crippen molar-refractivity contribution in [2.45, 2.75) is 12.5 Å². The number of ether oxygens (including phenoxy) is 2. The van der Waals surface area contributed by atoms with Crippen LogP contribution in [-0.2, 0) is 4.74 Å². The lowest BCUT2D eigenvalue weighted by Gasteiger charge is -2.25. The Morgan fingerprint density at radius 2 is 1.97 bits per heavy atom. The standard InChI is InChI=1S/C24H22FNO5/c1-3-12-30-17-8-5-15(6-9-17)21-20-22(27)18-14-16(25)7-10-19(18)31-23(20)24(28)26(21)11-4-13-29-2/h3,5-10,14,21H,1,4,11-13H2,2H3. The fourth-order valence-corrected chi connectivity index (χ4v) is 3.85. The van der Waals surface area contributed by atoms with E-state index >= 15 is 0 Å². The highest BCUT2D eigenvalue weighted by atomic mass is 19.1. The Kier molecular flexibility index (Phi) is 5.86. The molecule has 1 amide bonds. The summed E-state index contributed by atoms with van der Waals surface area (Å²) in [6.07, 6.45) is 2.24. The summed E-state index contributed by atoms with van der Waals surface area (Å²) in [7, 11) is 1.59. The number of nitrogens with zero attached hydrogens (tertiary/aromatic N) is 1. The van der Waals surface area contributed by atoms with Gasteiger partial charge in [0.25, 0.3) is 5.91 Å². The van der Waals surface area contributed by atoms with Crippen LogP contribution in [0, 0.1) is 5.82 Å². The first-order valence-corrected chi connectivity index (χ1v) is 9.95. The van der Waals surface area contributed by atoms with Crippen molar-refractivity contribution in [1.29, 1.82) is 0 Å². The van der Waals surface area contributed by atoms with Crippen LogP contribution in [0.15, 0.2) is 64.3 Å². The van der Waals surface area contributed by atoms with Crippen molar-refractivity contribution in [3.63, 3.8) is 0 Å². The third kappa shape index (κ3) is 3.84. The van der Waals surface area contributed by atoms with Gasteiger partial charge in [-0.2, -0.15) is 0 Å². The largest absolute Gasteiger partial charge is 0.490 e. The molecule has 0 saturated heterocycles. The smallest absolute Gasteiger partial charge is 0.290 e. The molecule has 2 heterocycles. The fourth-order valence-electron chi connectivity index (χ4n) is 3.85. The number of fused-ring (bicyclic) bond motifs is 2. The Morgan fingerprint density at radius 3 is 2.68 bits per heavy atom. The molecule has 1 atom stereocenters. The molecule has 0 bridgehead atoms. The summed E-state index contributed by atoms with van der Waals surface area (Å²) in [5.74, 6) is -0.266. The van der Waals surface area contributed by atoms with Crippen LogP contribution < -0.4 is 10.2 Å². The van der Waals surface area contributed by atoms with Crippen molar-refractivity contribution in [2.24, 2.45) is 0 Å². The predicted molar refractivity (Wildman–Crippen MR) is 114 cm³/mol. The maximum Gasteiger partial charge on any atom is 0.290 e. The molecule has 4 rings (SSSR count). The maximum absolute atomic E-state index is 13.8. The summed E-state index contributed by atoms with van der Waals surface area (Å²) in [4.78, 5) is 28.1. The SMILES string of the molecule is C=CCOc1ccc(C2c3c(oc4ccc(F)cc4c3=O)C(=O)N2CCCOC)cc1. The second kappa shape index (κ2) is 8.73. The van der Waals surface area contributed by atoms with Crippen LogP contribution in [0.4, 0.5) is 4.39 Å². The molecule has 0 saturated carbocycles. The summed E-state index contributed by atoms with van der Waals surface area (Å²) in [6, 6.07) is 10.2. The molecule has 0 aliphatic carbocycles. The van der Waals surface area contributed by atoms with Crippen molar-refractivity contribution in [1.82, 2.24) is 4.90 Å². The first kappa shape index (κ1) is 20.8. The van der Waals surface area contributed by atoms with Gasteiger partial charge in [0.1, 0.15) is 23.8 Å². The topological polar surface area (TPSA) is 69.0 Å². The molecule has 2 aromatic carbocycles. The molecule has 1 aliphatic rings. The van der Waals surface area contributed by atoms with Crippen LogP contribution in [0.3, 0.4) is 0 Å². The van der Waals surface area contributed by atoms with Crippen LogP contribution in [0.25, 0.3) is 11.0 Å². The maximum atomic E-state index is 13.8. The van der Waals surface area contributed by atoms with Crippen LogP contribution in [0.1, 0.15) is 34.1 Å². The van der Waals surface area contributed by atoms with Gasteiger partial charge in [0.15, 0.2) is 5.43 Å². The molecule has 160 valence electrons. The Balaban J connectivity index is 1.83. The van der Waals surface area contributed by atoms with E-state index < -0.39 is 17.3 Å². The summed E-state index contributed by atoms with van der Waals surface area (Å²) < 4.78 is 30.2. The number of carbonyl (C=O) groups is 1. The average molecular weight is 423 g/mol. The molecule has 0 N–H and O–H groups in total. The van der Waals surface area contributed by atoms with Crippen LogP contribution in [0.5, 0.6) is 5.75 Å². The van der Waals surface area contributed by atoms with E-state index in [1.54, 1.807) is 30.2 Å². The van der Waals surface area contributed by atoms with E-state index in [1.165, 1.54) is 12.1 Å². The van der Waals surface area contributed by atoms with Gasteiger partial charge in [0.05, 0.1) is 17.0 Å². The fraction of sp³-hybridized carbons (Fsp3) is 0.250. The third-order valence-corrected chi connectivity index (χ3v) is 5.24. The molecule has 3 aromatic rings. The van der Waals surface area contributed by atoms with Crippen LogP contribution >= 0.6 is 0 Å². The lowest BCUT2D eigenvalue weighted by Crippen LogP contribution is -2.31. The van der Waals surface area contributed by atoms with Gasteiger partial charge in [-0.1, -0.05) is 24.8 Å². The van der Waals surface area contributed by atoms with Crippen molar-refractivity contribution >= 4 is 16.9 Å². The summed E-state index contributed by atoms with van der Waals surface area (Å²) in [5, 5.41) is 0.112. The number of halogens is 1. The number of benzene rings is 2. The third-order valence-electron chi connectivity index (χ3n) is 5.24. The minimum Gasteiger partial charge on any atom is -0.490 e. The van der Waals surface area contributed by atoms with Crippen molar-refractivity contribution in [3.05, 3.63) is 88.0 Å². The molecule has 0 radical (unpaired) electrons. The van der Waals surface area contributed by atoms with E-state index in [2.05, 4.69) is 6.58 Å². The van der Waals surface area contributed by atoms with Crippen molar-refractivity contribution in [3.8, 4) is 5.75 Å². The number of carbonyl (C=O) groups excluding carboxylic acids is 1. The van der Waals surface area contributed by atoms with Gasteiger partial charge in [-0.05, 0) is 42.3 Å². The van der Waals surface area contributed by atoms with Gasteiger partial charge in [0.2, 0.25) is 5.76 Å². The van der Waals surface area contributed by atoms with E-state index in [-0.39, 0.29) is 28.2 Å². The molecule has 31 heavy (non-hydrogen) atoms. The summed E-state index contributed by atoms with van der Waals surface area (Å²) >= 11 is 0. The quantitative estimate of drug-likeness (QED) is 0.403. The van der Waals surface area contributed by atoms with Gasteiger partial charge < -0.3 is 18.8 Å². The molecule has 1 aromatic heterocycles. The van der Waals surface area contributed by atoms with E-state index in [9.17, 15) is 14.0 Å². The molecule has 1 unspecified atom stereocenters. The number of amides is 1. The Labute approximate surface area is 178 Å². The number of rotatable bonds is 8. The second-order valence-electron chi connectivity index (χ2n) is 7.23. The zero-order chi connectivity index (χ0) is 22.0. The molecule has 1 aliphatic heterocycles. The molecule has 0 fully saturated rings. The predicted octanol–water partition coefficient (Wildman–Crippen LogP) is 4.08. The first-order chi connectivity index (χ1) is 15.0. The zero-order valence-electron chi connectivity index (χ0n) is 17.1. The monoisotopic (exact) mass is 423 g/mol. The first-order valence-electron chi connectivity index (χ1n) is 9.95. The normalized spacial score (nSPS) is 15.4. The van der Waals surface area contributed by atoms with Crippen LogP contribution in [0.2, 0.25) is 0 Å². The Hall–Kier alpha value is -3.45. The summed E-state index contributed by atoms with van der Waals surface area (Å²) in [5.41, 5.74) is 0.735. The molecule has 0 spiro atoms. The van der Waals surface area contributed by atoms with Gasteiger partial charge in [0, 0.05) is 20.3 Å². The molecule has 6 nitrogen and oxygen atoms in total. The zero-order valence-corrected chi connectivity index (χ0v) is 17.1. The van der Waals surface area contributed by atoms with Crippen molar-refractivity contribution < 1.29 is 23.1 Å². The Morgan fingerprint density at radius 1 is 1.19 bits per heavy atom. The van der Waals surface area contributed by atoms with E-state index in [0.29, 0.717) is 31.9 Å². The summed E-state index contributed by atoms with van der Waals surface area (Å²) in [6.45, 7) is 4.84. The minimum absolute atomic E-state index is 0.00138. The second-order valence-corrected chi connectivity index (χ2v) is 7.23. The van der Waals surface area contributed by atoms with E-state index in [0.717, 1.165) is 11.6 Å². The highest BCUT2D eigenvalue weighted by molar-refractivity contribution is 5.99. The number of methoxy groups -OCH3 is 1. The molecular formula is C24H22FNO5. The number of hydrogen-bond donors (Lipinski definition) is 0. The number of hydrogen-bond acceptors (Lipinski definition) is 5. The molecule has 7 heteroatoms. The van der Waals surface area contributed by atoms with Crippen LogP contribution in [-0.4, -0.2) is 37.7 Å². The van der Waals surface area contributed by atoms with Gasteiger partial charge in [-0.25, -0.2) is 4.39 Å². The Bertz CT molecular complexity index is 1190. The van der Waals surface area contributed by atoms with Gasteiger partial charge >= 0.3 is 0 Å². The highest BCUT2D eigenvalue weighted by Crippen LogP contribution is 2.38.